The molecule has 2 nitrogen and oxygen atoms in total. The van der Waals surface area contributed by atoms with Crippen molar-refractivity contribution >= 4 is 5.69 Å². The van der Waals surface area contributed by atoms with Gasteiger partial charge in [0.15, 0.2) is 0 Å². The molecule has 0 radical (unpaired) electrons. The molecule has 2 N–H and O–H groups in total. The number of hydrogen-bond donors (Lipinski definition) is 2. The van der Waals surface area contributed by atoms with Crippen molar-refractivity contribution in [3.8, 4) is 0 Å². The molecule has 0 bridgehead atoms. The van der Waals surface area contributed by atoms with E-state index < -0.39 is 11.9 Å². The molecule has 19 heavy (non-hydrogen) atoms. The quantitative estimate of drug-likeness (QED) is 0.886. The van der Waals surface area contributed by atoms with Crippen LogP contribution < -0.4 is 5.32 Å². The molecule has 0 amide bonds. The Kier molecular flexibility index (Phi) is 4.12. The predicted molar refractivity (Wildman–Crippen MR) is 71.0 cm³/mol. The van der Waals surface area contributed by atoms with Crippen LogP contribution >= 0.6 is 0 Å². The summed E-state index contributed by atoms with van der Waals surface area (Å²) in [5.74, 6) is -0.796. The minimum absolute atomic E-state index is 0.115. The maximum absolute atomic E-state index is 13.4. The second-order valence-electron chi connectivity index (χ2n) is 4.44. The van der Waals surface area contributed by atoms with Crippen LogP contribution in [-0.2, 0) is 0 Å². The number of rotatable bonds is 4. The molecule has 0 aliphatic carbocycles. The SMILES string of the molecule is Cc1cc(F)cc(NCC(O)c2ccccc2F)c1. The van der Waals surface area contributed by atoms with Crippen LogP contribution in [0.3, 0.4) is 0 Å². The Labute approximate surface area is 110 Å². The van der Waals surface area contributed by atoms with Gasteiger partial charge in [-0.15, -0.1) is 0 Å². The van der Waals surface area contributed by atoms with Gasteiger partial charge in [0.25, 0.3) is 0 Å². The van der Waals surface area contributed by atoms with E-state index in [9.17, 15) is 13.9 Å². The van der Waals surface area contributed by atoms with Crippen LogP contribution in [0.4, 0.5) is 14.5 Å². The lowest BCUT2D eigenvalue weighted by Crippen LogP contribution is -2.13. The minimum Gasteiger partial charge on any atom is -0.386 e. The van der Waals surface area contributed by atoms with Gasteiger partial charge in [-0.05, 0) is 36.8 Å². The molecule has 1 atom stereocenters. The number of anilines is 1. The zero-order chi connectivity index (χ0) is 13.8. The highest BCUT2D eigenvalue weighted by molar-refractivity contribution is 5.46. The summed E-state index contributed by atoms with van der Waals surface area (Å²) < 4.78 is 26.6. The summed E-state index contributed by atoms with van der Waals surface area (Å²) in [5, 5.41) is 12.8. The van der Waals surface area contributed by atoms with Crippen LogP contribution in [0.5, 0.6) is 0 Å². The normalized spacial score (nSPS) is 12.2. The lowest BCUT2D eigenvalue weighted by molar-refractivity contribution is 0.186. The van der Waals surface area contributed by atoms with Gasteiger partial charge in [-0.25, -0.2) is 8.78 Å². The van der Waals surface area contributed by atoms with Crippen LogP contribution in [0.1, 0.15) is 17.2 Å². The third-order valence-corrected chi connectivity index (χ3v) is 2.81. The Morgan fingerprint density at radius 1 is 1.16 bits per heavy atom. The topological polar surface area (TPSA) is 32.3 Å². The molecular weight excluding hydrogens is 248 g/mol. The van der Waals surface area contributed by atoms with Crippen LogP contribution in [0.25, 0.3) is 0 Å². The van der Waals surface area contributed by atoms with Gasteiger partial charge < -0.3 is 10.4 Å². The van der Waals surface area contributed by atoms with Crippen LogP contribution in [0, 0.1) is 18.6 Å². The number of hydrogen-bond acceptors (Lipinski definition) is 2. The van der Waals surface area contributed by atoms with Gasteiger partial charge in [-0.2, -0.15) is 0 Å². The summed E-state index contributed by atoms with van der Waals surface area (Å²) in [6, 6.07) is 10.6. The Morgan fingerprint density at radius 3 is 2.58 bits per heavy atom. The number of aryl methyl sites for hydroxylation is 1. The van der Waals surface area contributed by atoms with Crippen molar-refractivity contribution in [2.45, 2.75) is 13.0 Å². The van der Waals surface area contributed by atoms with Gasteiger partial charge in [0.05, 0.1) is 6.10 Å². The van der Waals surface area contributed by atoms with E-state index >= 15 is 0 Å². The first-order valence-corrected chi connectivity index (χ1v) is 6.00. The van der Waals surface area contributed by atoms with Crippen molar-refractivity contribution in [2.75, 3.05) is 11.9 Å². The third-order valence-electron chi connectivity index (χ3n) is 2.81. The van der Waals surface area contributed by atoms with Crippen LogP contribution in [0.15, 0.2) is 42.5 Å². The van der Waals surface area contributed by atoms with E-state index in [2.05, 4.69) is 5.32 Å². The smallest absolute Gasteiger partial charge is 0.129 e. The summed E-state index contributed by atoms with van der Waals surface area (Å²) in [6.07, 6.45) is -0.982. The highest BCUT2D eigenvalue weighted by Crippen LogP contribution is 2.19. The molecule has 4 heteroatoms. The summed E-state index contributed by atoms with van der Waals surface area (Å²) in [5.41, 5.74) is 1.57. The molecule has 1 unspecified atom stereocenters. The van der Waals surface area contributed by atoms with Crippen molar-refractivity contribution in [3.05, 3.63) is 65.2 Å². The zero-order valence-corrected chi connectivity index (χ0v) is 10.5. The van der Waals surface area contributed by atoms with E-state index in [4.69, 9.17) is 0 Å². The summed E-state index contributed by atoms with van der Waals surface area (Å²) in [7, 11) is 0. The second-order valence-corrected chi connectivity index (χ2v) is 4.44. The van der Waals surface area contributed by atoms with E-state index in [1.54, 1.807) is 25.1 Å². The zero-order valence-electron chi connectivity index (χ0n) is 10.5. The number of nitrogens with one attached hydrogen (secondary N) is 1. The first-order valence-electron chi connectivity index (χ1n) is 6.00. The molecule has 0 fully saturated rings. The highest BCUT2D eigenvalue weighted by Gasteiger charge is 2.11. The molecule has 2 aromatic carbocycles. The van der Waals surface area contributed by atoms with Crippen molar-refractivity contribution in [2.24, 2.45) is 0 Å². The van der Waals surface area contributed by atoms with E-state index in [0.29, 0.717) is 5.69 Å². The Bertz CT molecular complexity index is 552. The average Bonchev–Trinajstić information content (AvgIpc) is 2.35. The molecule has 0 aliphatic rings. The maximum Gasteiger partial charge on any atom is 0.129 e. The minimum atomic E-state index is -0.982. The van der Waals surface area contributed by atoms with Gasteiger partial charge in [-0.1, -0.05) is 18.2 Å². The fourth-order valence-electron chi connectivity index (χ4n) is 1.91. The van der Waals surface area contributed by atoms with E-state index in [1.807, 2.05) is 0 Å². The summed E-state index contributed by atoms with van der Waals surface area (Å²) in [4.78, 5) is 0. The van der Waals surface area contributed by atoms with E-state index in [-0.39, 0.29) is 17.9 Å². The van der Waals surface area contributed by atoms with Gasteiger partial charge in [-0.3, -0.25) is 0 Å². The van der Waals surface area contributed by atoms with Gasteiger partial charge >= 0.3 is 0 Å². The number of aliphatic hydroxyl groups excluding tert-OH is 1. The van der Waals surface area contributed by atoms with Gasteiger partial charge in [0, 0.05) is 17.8 Å². The highest BCUT2D eigenvalue weighted by atomic mass is 19.1. The second kappa shape index (κ2) is 5.80. The molecule has 0 heterocycles. The van der Waals surface area contributed by atoms with E-state index in [0.717, 1.165) is 5.56 Å². The van der Waals surface area contributed by atoms with Crippen molar-refractivity contribution < 1.29 is 13.9 Å². The Balaban J connectivity index is 2.04. The summed E-state index contributed by atoms with van der Waals surface area (Å²) in [6.45, 7) is 1.89. The predicted octanol–water partition coefficient (Wildman–Crippen LogP) is 3.42. The first-order chi connectivity index (χ1) is 9.06. The molecular formula is C15H15F2NO. The molecule has 0 saturated heterocycles. The molecule has 0 saturated carbocycles. The Morgan fingerprint density at radius 2 is 1.89 bits per heavy atom. The molecule has 2 rings (SSSR count). The molecule has 100 valence electrons. The molecule has 0 aromatic heterocycles. The lowest BCUT2D eigenvalue weighted by atomic mass is 10.1. The lowest BCUT2D eigenvalue weighted by Gasteiger charge is -2.14. The van der Waals surface area contributed by atoms with Gasteiger partial charge in [0.2, 0.25) is 0 Å². The number of benzene rings is 2. The first kappa shape index (κ1) is 13.5. The van der Waals surface area contributed by atoms with Crippen LogP contribution in [0.2, 0.25) is 0 Å². The standard InChI is InChI=1S/C15H15F2NO/c1-10-6-11(16)8-12(7-10)18-9-15(19)13-4-2-3-5-14(13)17/h2-8,15,18-19H,9H2,1H3. The fraction of sp³-hybridized carbons (Fsp3) is 0.200. The number of halogens is 2. The Hall–Kier alpha value is -1.94. The monoisotopic (exact) mass is 263 g/mol. The van der Waals surface area contributed by atoms with E-state index in [1.165, 1.54) is 24.3 Å². The molecule has 0 aliphatic heterocycles. The molecule has 2 aromatic rings. The fourth-order valence-corrected chi connectivity index (χ4v) is 1.91. The number of aliphatic hydroxyl groups is 1. The van der Waals surface area contributed by atoms with Crippen molar-refractivity contribution in [3.63, 3.8) is 0 Å². The maximum atomic E-state index is 13.4. The van der Waals surface area contributed by atoms with Crippen LogP contribution in [-0.4, -0.2) is 11.7 Å². The molecule has 0 spiro atoms. The largest absolute Gasteiger partial charge is 0.386 e. The van der Waals surface area contributed by atoms with Gasteiger partial charge in [0.1, 0.15) is 11.6 Å². The summed E-state index contributed by atoms with van der Waals surface area (Å²) >= 11 is 0. The van der Waals surface area contributed by atoms with Crippen molar-refractivity contribution in [1.29, 1.82) is 0 Å². The third kappa shape index (κ3) is 3.51. The average molecular weight is 263 g/mol. The van der Waals surface area contributed by atoms with Crippen molar-refractivity contribution in [1.82, 2.24) is 0 Å².